The molecule has 2 heterocycles. The van der Waals surface area contributed by atoms with E-state index in [1.807, 2.05) is 75.6 Å². The number of rotatable bonds is 9. The van der Waals surface area contributed by atoms with E-state index in [9.17, 15) is 4.79 Å². The molecule has 9 heteroatoms. The predicted molar refractivity (Wildman–Crippen MR) is 141 cm³/mol. The highest BCUT2D eigenvalue weighted by Crippen LogP contribution is 2.30. The van der Waals surface area contributed by atoms with Crippen molar-refractivity contribution < 1.29 is 9.53 Å². The van der Waals surface area contributed by atoms with Gasteiger partial charge in [-0.3, -0.25) is 14.4 Å². The van der Waals surface area contributed by atoms with Crippen molar-refractivity contribution in [3.05, 3.63) is 60.6 Å². The molecule has 0 aliphatic heterocycles. The number of carbonyl (C=O) groups is 1. The van der Waals surface area contributed by atoms with Gasteiger partial charge in [0.15, 0.2) is 0 Å². The van der Waals surface area contributed by atoms with Crippen LogP contribution in [0, 0.1) is 12.3 Å². The number of hydrogen-bond acceptors (Lipinski definition) is 7. The molecule has 0 saturated carbocycles. The van der Waals surface area contributed by atoms with Crippen LogP contribution in [0.25, 0.3) is 22.0 Å². The smallest absolute Gasteiger partial charge is 0.237 e. The van der Waals surface area contributed by atoms with Crippen LogP contribution in [0.5, 0.6) is 5.75 Å². The number of anilines is 2. The van der Waals surface area contributed by atoms with Gasteiger partial charge in [-0.1, -0.05) is 5.92 Å². The Kier molecular flexibility index (Phi) is 7.47. The Morgan fingerprint density at radius 3 is 2.75 bits per heavy atom. The zero-order valence-corrected chi connectivity index (χ0v) is 20.8. The second-order valence-electron chi connectivity index (χ2n) is 8.66. The van der Waals surface area contributed by atoms with Gasteiger partial charge < -0.3 is 15.4 Å². The molecule has 0 aliphatic carbocycles. The zero-order valence-electron chi connectivity index (χ0n) is 20.8. The summed E-state index contributed by atoms with van der Waals surface area (Å²) in [4.78, 5) is 23.1. The van der Waals surface area contributed by atoms with Crippen molar-refractivity contribution in [1.82, 2.24) is 30.0 Å². The van der Waals surface area contributed by atoms with E-state index in [1.165, 1.54) is 0 Å². The molecular formula is C27H29N7O2. The number of terminal acetylenes is 1. The van der Waals surface area contributed by atoms with Gasteiger partial charge in [0.1, 0.15) is 12.4 Å². The molecule has 2 aromatic carbocycles. The first-order valence-corrected chi connectivity index (χ1v) is 11.5. The van der Waals surface area contributed by atoms with E-state index in [0.29, 0.717) is 24.8 Å². The normalized spacial score (nSPS) is 11.8. The van der Waals surface area contributed by atoms with Gasteiger partial charge in [-0.25, -0.2) is 9.97 Å². The molecule has 0 spiro atoms. The number of aromatic nitrogens is 4. The molecule has 4 aromatic rings. The molecule has 9 nitrogen and oxygen atoms in total. The van der Waals surface area contributed by atoms with E-state index in [0.717, 1.165) is 33.3 Å². The average Bonchev–Trinajstić information content (AvgIpc) is 3.31. The lowest BCUT2D eigenvalue weighted by Gasteiger charge is -2.19. The van der Waals surface area contributed by atoms with Gasteiger partial charge in [0, 0.05) is 47.7 Å². The summed E-state index contributed by atoms with van der Waals surface area (Å²) in [6.45, 7) is 2.57. The highest BCUT2D eigenvalue weighted by atomic mass is 16.5. The number of aryl methyl sites for hydroxylation is 1. The van der Waals surface area contributed by atoms with Gasteiger partial charge >= 0.3 is 0 Å². The Hall–Kier alpha value is -4.42. The molecule has 36 heavy (non-hydrogen) atoms. The van der Waals surface area contributed by atoms with Crippen molar-refractivity contribution in [1.29, 1.82) is 0 Å². The topological polar surface area (TPSA) is 97.2 Å². The third-order valence-electron chi connectivity index (χ3n) is 5.77. The maximum Gasteiger partial charge on any atom is 0.237 e. The van der Waals surface area contributed by atoms with E-state index >= 15 is 0 Å². The lowest BCUT2D eigenvalue weighted by molar-refractivity contribution is -0.125. The zero-order chi connectivity index (χ0) is 25.7. The third kappa shape index (κ3) is 5.98. The summed E-state index contributed by atoms with van der Waals surface area (Å²) >= 11 is 0. The Morgan fingerprint density at radius 1 is 1.19 bits per heavy atom. The van der Waals surface area contributed by atoms with Crippen LogP contribution in [-0.4, -0.2) is 63.8 Å². The van der Waals surface area contributed by atoms with Gasteiger partial charge in [-0.2, -0.15) is 5.10 Å². The number of carbonyl (C=O) groups excluding carboxylic acids is 1. The summed E-state index contributed by atoms with van der Waals surface area (Å²) in [7, 11) is 5.61. The molecule has 2 aromatic heterocycles. The predicted octanol–water partition coefficient (Wildman–Crippen LogP) is 3.20. The molecule has 0 unspecified atom stereocenters. The minimum atomic E-state index is -0.213. The molecule has 1 atom stereocenters. The van der Waals surface area contributed by atoms with E-state index in [4.69, 9.17) is 11.2 Å². The number of nitrogens with one attached hydrogen (secondary N) is 2. The number of benzene rings is 2. The fraction of sp³-hybridized carbons (Fsp3) is 0.259. The van der Waals surface area contributed by atoms with Gasteiger partial charge in [-0.05, 0) is 56.9 Å². The largest absolute Gasteiger partial charge is 0.492 e. The summed E-state index contributed by atoms with van der Waals surface area (Å²) in [5.41, 5.74) is 4.20. The highest BCUT2D eigenvalue weighted by molar-refractivity contribution is 5.81. The molecular weight excluding hydrogens is 454 g/mol. The molecule has 1 amide bonds. The fourth-order valence-corrected chi connectivity index (χ4v) is 3.53. The van der Waals surface area contributed by atoms with Crippen molar-refractivity contribution in [2.45, 2.75) is 13.0 Å². The molecule has 0 bridgehead atoms. The summed E-state index contributed by atoms with van der Waals surface area (Å²) in [5.74, 6) is 3.68. The van der Waals surface area contributed by atoms with E-state index in [-0.39, 0.29) is 11.9 Å². The average molecular weight is 484 g/mol. The van der Waals surface area contributed by atoms with Crippen LogP contribution in [-0.2, 0) is 11.8 Å². The van der Waals surface area contributed by atoms with E-state index in [2.05, 4.69) is 31.6 Å². The van der Waals surface area contributed by atoms with Crippen molar-refractivity contribution in [3.63, 3.8) is 0 Å². The third-order valence-corrected chi connectivity index (χ3v) is 5.77. The van der Waals surface area contributed by atoms with Gasteiger partial charge in [-0.15, -0.1) is 6.42 Å². The van der Waals surface area contributed by atoms with Crippen LogP contribution in [0.2, 0.25) is 0 Å². The van der Waals surface area contributed by atoms with Crippen LogP contribution < -0.4 is 15.4 Å². The maximum absolute atomic E-state index is 12.2. The monoisotopic (exact) mass is 483 g/mol. The van der Waals surface area contributed by atoms with Crippen molar-refractivity contribution in [2.75, 3.05) is 32.6 Å². The standard InChI is InChI=1S/C27H29N7O2/c1-6-19-7-8-25-21(11-19)15-29-27(32-25)31-23-12-20(22-16-30-34(5)17-22)13-24(14-23)36-10-9-28-26(35)18(2)33(3)4/h1,7-8,11-18H,9-10H2,2-5H3,(H,28,35)(H,29,31,32)/t18-/m1/s1. The number of hydrogen-bond donors (Lipinski definition) is 2. The molecule has 2 N–H and O–H groups in total. The summed E-state index contributed by atoms with van der Waals surface area (Å²) in [6.07, 6.45) is 11.0. The minimum absolute atomic E-state index is 0.0436. The first kappa shape index (κ1) is 24.7. The number of amides is 1. The van der Waals surface area contributed by atoms with Crippen LogP contribution in [0.4, 0.5) is 11.6 Å². The SMILES string of the molecule is C#Cc1ccc2nc(Nc3cc(OCCNC(=O)[C@@H](C)N(C)C)cc(-c4cnn(C)c4)c3)ncc2c1. The maximum atomic E-state index is 12.2. The van der Waals surface area contributed by atoms with Crippen LogP contribution in [0.3, 0.4) is 0 Å². The highest BCUT2D eigenvalue weighted by Gasteiger charge is 2.14. The molecule has 0 radical (unpaired) electrons. The number of likely N-dealkylation sites (N-methyl/N-ethyl adjacent to an activating group) is 1. The van der Waals surface area contributed by atoms with E-state index in [1.54, 1.807) is 17.1 Å². The first-order chi connectivity index (χ1) is 17.3. The van der Waals surface area contributed by atoms with Gasteiger partial charge in [0.25, 0.3) is 0 Å². The number of nitrogens with zero attached hydrogens (tertiary/aromatic N) is 5. The molecule has 4 rings (SSSR count). The van der Waals surface area contributed by atoms with Crippen LogP contribution in [0.15, 0.2) is 55.0 Å². The van der Waals surface area contributed by atoms with Gasteiger partial charge in [0.05, 0.1) is 24.3 Å². The lowest BCUT2D eigenvalue weighted by Crippen LogP contribution is -2.42. The molecule has 184 valence electrons. The van der Waals surface area contributed by atoms with Crippen molar-refractivity contribution >= 4 is 28.4 Å². The summed E-state index contributed by atoms with van der Waals surface area (Å²) in [5, 5.41) is 11.3. The second kappa shape index (κ2) is 10.9. The van der Waals surface area contributed by atoms with E-state index < -0.39 is 0 Å². The summed E-state index contributed by atoms with van der Waals surface area (Å²) in [6, 6.07) is 11.2. The van der Waals surface area contributed by atoms with Crippen molar-refractivity contribution in [3.8, 4) is 29.2 Å². The first-order valence-electron chi connectivity index (χ1n) is 11.5. The summed E-state index contributed by atoms with van der Waals surface area (Å²) < 4.78 is 7.73. The van der Waals surface area contributed by atoms with Gasteiger partial charge in [0.2, 0.25) is 11.9 Å². The fourth-order valence-electron chi connectivity index (χ4n) is 3.53. The molecule has 0 fully saturated rings. The second-order valence-corrected chi connectivity index (χ2v) is 8.66. The van der Waals surface area contributed by atoms with Crippen LogP contribution in [0.1, 0.15) is 12.5 Å². The Labute approximate surface area is 210 Å². The lowest BCUT2D eigenvalue weighted by atomic mass is 10.1. The Morgan fingerprint density at radius 2 is 2.03 bits per heavy atom. The Bertz CT molecular complexity index is 1420. The molecule has 0 aliphatic rings. The number of fused-ring (bicyclic) bond motifs is 1. The van der Waals surface area contributed by atoms with Crippen LogP contribution >= 0.6 is 0 Å². The Balaban J connectivity index is 1.53. The van der Waals surface area contributed by atoms with Crippen molar-refractivity contribution in [2.24, 2.45) is 7.05 Å². The number of ether oxygens (including phenoxy) is 1. The quantitative estimate of drug-likeness (QED) is 0.279. The minimum Gasteiger partial charge on any atom is -0.492 e. The molecule has 0 saturated heterocycles.